The highest BCUT2D eigenvalue weighted by molar-refractivity contribution is 5.68. The number of hydrogen-bond acceptors (Lipinski definition) is 3. The van der Waals surface area contributed by atoms with Gasteiger partial charge in [0.05, 0.1) is 0 Å². The van der Waals surface area contributed by atoms with Gasteiger partial charge in [-0.15, -0.1) is 0 Å². The van der Waals surface area contributed by atoms with Crippen LogP contribution in [-0.2, 0) is 4.74 Å². The lowest BCUT2D eigenvalue weighted by Gasteiger charge is -2.49. The van der Waals surface area contributed by atoms with Crippen molar-refractivity contribution in [2.75, 3.05) is 19.6 Å². The number of piperidine rings is 1. The summed E-state index contributed by atoms with van der Waals surface area (Å²) in [6.45, 7) is 8.45. The van der Waals surface area contributed by atoms with Gasteiger partial charge >= 0.3 is 6.09 Å². The summed E-state index contributed by atoms with van der Waals surface area (Å²) in [6.07, 6.45) is 3.28. The average molecular weight is 226 g/mol. The van der Waals surface area contributed by atoms with Gasteiger partial charge in [-0.2, -0.15) is 0 Å². The highest BCUT2D eigenvalue weighted by Crippen LogP contribution is 2.30. The molecule has 2 aliphatic heterocycles. The minimum atomic E-state index is -0.394. The molecule has 2 heterocycles. The van der Waals surface area contributed by atoms with E-state index in [1.165, 1.54) is 12.8 Å². The summed E-state index contributed by atoms with van der Waals surface area (Å²) < 4.78 is 5.40. The molecule has 4 nitrogen and oxygen atoms in total. The molecule has 4 heteroatoms. The van der Waals surface area contributed by atoms with Crippen molar-refractivity contribution >= 4 is 6.09 Å². The lowest BCUT2D eigenvalue weighted by atomic mass is 9.80. The Kier molecular flexibility index (Phi) is 2.86. The summed E-state index contributed by atoms with van der Waals surface area (Å²) in [5.74, 6) is 0. The van der Waals surface area contributed by atoms with E-state index in [-0.39, 0.29) is 11.6 Å². The third-order valence-corrected chi connectivity index (χ3v) is 3.33. The zero-order valence-electron chi connectivity index (χ0n) is 10.5. The van der Waals surface area contributed by atoms with Crippen LogP contribution < -0.4 is 5.32 Å². The Bertz CT molecular complexity index is 279. The number of nitrogens with zero attached hydrogens (tertiary/aromatic N) is 1. The second-order valence-corrected chi connectivity index (χ2v) is 5.96. The molecule has 0 saturated carbocycles. The molecule has 0 aromatic rings. The Hall–Kier alpha value is -0.770. The SMILES string of the molecule is CC(C)(C)OC(=O)N1CCC[C@@]2(CCN2)C1. The molecule has 2 saturated heterocycles. The second kappa shape index (κ2) is 3.91. The van der Waals surface area contributed by atoms with Crippen LogP contribution in [0.2, 0.25) is 0 Å². The number of carbonyl (C=O) groups is 1. The van der Waals surface area contributed by atoms with Gasteiger partial charge in [-0.1, -0.05) is 0 Å². The summed E-state index contributed by atoms with van der Waals surface area (Å²) >= 11 is 0. The van der Waals surface area contributed by atoms with E-state index in [1.807, 2.05) is 25.7 Å². The Balaban J connectivity index is 1.91. The number of ether oxygens (including phenoxy) is 1. The van der Waals surface area contributed by atoms with Gasteiger partial charge in [0.25, 0.3) is 0 Å². The first-order valence-electron chi connectivity index (χ1n) is 6.13. The predicted molar refractivity (Wildman–Crippen MR) is 62.4 cm³/mol. The van der Waals surface area contributed by atoms with Crippen LogP contribution in [0.25, 0.3) is 0 Å². The summed E-state index contributed by atoms with van der Waals surface area (Å²) in [7, 11) is 0. The van der Waals surface area contributed by atoms with E-state index < -0.39 is 5.60 Å². The molecule has 0 unspecified atom stereocenters. The molecule has 1 atom stereocenters. The van der Waals surface area contributed by atoms with Gasteiger partial charge in [0, 0.05) is 18.6 Å². The molecule has 0 aromatic carbocycles. The predicted octanol–water partition coefficient (Wildman–Crippen LogP) is 1.75. The molecule has 0 bridgehead atoms. The summed E-state index contributed by atoms with van der Waals surface area (Å²) in [5.41, 5.74) is -0.191. The molecular weight excluding hydrogens is 204 g/mol. The maximum absolute atomic E-state index is 11.9. The van der Waals surface area contributed by atoms with E-state index in [0.717, 1.165) is 26.1 Å². The zero-order valence-corrected chi connectivity index (χ0v) is 10.5. The van der Waals surface area contributed by atoms with Crippen LogP contribution in [-0.4, -0.2) is 41.8 Å². The fraction of sp³-hybridized carbons (Fsp3) is 0.917. The molecule has 2 aliphatic rings. The van der Waals surface area contributed by atoms with Crippen LogP contribution in [0.4, 0.5) is 4.79 Å². The van der Waals surface area contributed by atoms with Gasteiger partial charge in [-0.3, -0.25) is 0 Å². The monoisotopic (exact) mass is 226 g/mol. The van der Waals surface area contributed by atoms with Crippen molar-refractivity contribution in [3.8, 4) is 0 Å². The van der Waals surface area contributed by atoms with E-state index in [4.69, 9.17) is 4.74 Å². The van der Waals surface area contributed by atoms with Crippen LogP contribution in [0.5, 0.6) is 0 Å². The Morgan fingerprint density at radius 3 is 2.56 bits per heavy atom. The first-order valence-corrected chi connectivity index (χ1v) is 6.13. The third kappa shape index (κ3) is 2.48. The number of likely N-dealkylation sites (tertiary alicyclic amines) is 1. The highest BCUT2D eigenvalue weighted by Gasteiger charge is 2.42. The minimum absolute atomic E-state index is 0.166. The van der Waals surface area contributed by atoms with Crippen molar-refractivity contribution in [2.45, 2.75) is 51.2 Å². The fourth-order valence-electron chi connectivity index (χ4n) is 2.44. The quantitative estimate of drug-likeness (QED) is 0.684. The van der Waals surface area contributed by atoms with Crippen molar-refractivity contribution in [3.05, 3.63) is 0 Å². The molecule has 0 radical (unpaired) electrons. The van der Waals surface area contributed by atoms with Crippen LogP contribution in [0.3, 0.4) is 0 Å². The Labute approximate surface area is 97.3 Å². The minimum Gasteiger partial charge on any atom is -0.444 e. The molecular formula is C12H22N2O2. The normalized spacial score (nSPS) is 30.1. The van der Waals surface area contributed by atoms with E-state index in [2.05, 4.69) is 5.32 Å². The van der Waals surface area contributed by atoms with E-state index >= 15 is 0 Å². The molecule has 92 valence electrons. The van der Waals surface area contributed by atoms with Gasteiger partial charge in [0.15, 0.2) is 0 Å². The standard InChI is InChI=1S/C12H22N2O2/c1-11(2,3)16-10(15)14-8-4-5-12(9-14)6-7-13-12/h13H,4-9H2,1-3H3/t12-/m1/s1. The van der Waals surface area contributed by atoms with Gasteiger partial charge < -0.3 is 15.0 Å². The highest BCUT2D eigenvalue weighted by atomic mass is 16.6. The van der Waals surface area contributed by atoms with Gasteiger partial charge in [-0.25, -0.2) is 4.79 Å². The van der Waals surface area contributed by atoms with Crippen LogP contribution in [0, 0.1) is 0 Å². The van der Waals surface area contributed by atoms with E-state index in [1.54, 1.807) is 0 Å². The first-order chi connectivity index (χ1) is 7.40. The van der Waals surface area contributed by atoms with E-state index in [9.17, 15) is 4.79 Å². The van der Waals surface area contributed by atoms with Crippen molar-refractivity contribution in [1.82, 2.24) is 10.2 Å². The topological polar surface area (TPSA) is 41.6 Å². The lowest BCUT2D eigenvalue weighted by molar-refractivity contribution is 0.00240. The number of hydrogen-bond donors (Lipinski definition) is 1. The largest absolute Gasteiger partial charge is 0.444 e. The molecule has 1 N–H and O–H groups in total. The van der Waals surface area contributed by atoms with Crippen LogP contribution in [0.1, 0.15) is 40.0 Å². The third-order valence-electron chi connectivity index (χ3n) is 3.33. The average Bonchev–Trinajstić information content (AvgIpc) is 2.13. The number of rotatable bonds is 0. The number of amides is 1. The second-order valence-electron chi connectivity index (χ2n) is 5.96. The summed E-state index contributed by atoms with van der Waals surface area (Å²) in [4.78, 5) is 13.8. The fourth-order valence-corrected chi connectivity index (χ4v) is 2.44. The van der Waals surface area contributed by atoms with Crippen LogP contribution in [0.15, 0.2) is 0 Å². The molecule has 1 amide bonds. The zero-order chi connectivity index (χ0) is 11.8. The van der Waals surface area contributed by atoms with Crippen molar-refractivity contribution in [2.24, 2.45) is 0 Å². The van der Waals surface area contributed by atoms with Crippen molar-refractivity contribution in [3.63, 3.8) is 0 Å². The molecule has 0 aromatic heterocycles. The van der Waals surface area contributed by atoms with Crippen LogP contribution >= 0.6 is 0 Å². The van der Waals surface area contributed by atoms with E-state index in [0.29, 0.717) is 0 Å². The molecule has 1 spiro atoms. The van der Waals surface area contributed by atoms with Crippen molar-refractivity contribution < 1.29 is 9.53 Å². The molecule has 0 aliphatic carbocycles. The Morgan fingerprint density at radius 1 is 1.38 bits per heavy atom. The van der Waals surface area contributed by atoms with Crippen molar-refractivity contribution in [1.29, 1.82) is 0 Å². The maximum Gasteiger partial charge on any atom is 0.410 e. The van der Waals surface area contributed by atoms with Gasteiger partial charge in [0.2, 0.25) is 0 Å². The lowest BCUT2D eigenvalue weighted by Crippen LogP contribution is -2.65. The summed E-state index contributed by atoms with van der Waals surface area (Å²) in [5, 5.41) is 3.46. The van der Waals surface area contributed by atoms with Gasteiger partial charge in [0.1, 0.15) is 5.60 Å². The summed E-state index contributed by atoms with van der Waals surface area (Å²) in [6, 6.07) is 0. The Morgan fingerprint density at radius 2 is 2.06 bits per heavy atom. The molecule has 2 fully saturated rings. The first kappa shape index (κ1) is 11.7. The number of nitrogens with one attached hydrogen (secondary N) is 1. The molecule has 2 rings (SSSR count). The number of carbonyl (C=O) groups excluding carboxylic acids is 1. The maximum atomic E-state index is 11.9. The van der Waals surface area contributed by atoms with Gasteiger partial charge in [-0.05, 0) is 46.6 Å². The molecule has 16 heavy (non-hydrogen) atoms. The smallest absolute Gasteiger partial charge is 0.410 e.